The van der Waals surface area contributed by atoms with Crippen LogP contribution < -0.4 is 10.7 Å². The highest BCUT2D eigenvalue weighted by Gasteiger charge is 2.14. The Morgan fingerprint density at radius 3 is 2.65 bits per heavy atom. The molecule has 0 saturated heterocycles. The normalized spacial score (nSPS) is 10.5. The van der Waals surface area contributed by atoms with Crippen molar-refractivity contribution in [2.75, 3.05) is 5.32 Å². The molecule has 0 heterocycles. The van der Waals surface area contributed by atoms with Crippen LogP contribution in [-0.2, 0) is 16.0 Å². The zero-order valence-electron chi connectivity index (χ0n) is 13.8. The molecule has 0 unspecified atom stereocenters. The average Bonchev–Trinajstić information content (AvgIpc) is 2.63. The zero-order chi connectivity index (χ0) is 19.1. The summed E-state index contributed by atoms with van der Waals surface area (Å²) in [5, 5.41) is 26.4. The van der Waals surface area contributed by atoms with Gasteiger partial charge in [0.1, 0.15) is 5.75 Å². The summed E-state index contributed by atoms with van der Waals surface area (Å²) in [5.41, 5.74) is 3.18. The lowest BCUT2D eigenvalue weighted by atomic mass is 10.1. The molecule has 0 atom stereocenters. The van der Waals surface area contributed by atoms with Gasteiger partial charge in [-0.1, -0.05) is 25.1 Å². The van der Waals surface area contributed by atoms with Gasteiger partial charge < -0.3 is 10.4 Å². The summed E-state index contributed by atoms with van der Waals surface area (Å²) in [7, 11) is 0. The molecule has 2 aromatic rings. The second-order valence-electron chi connectivity index (χ2n) is 5.16. The number of carbonyl (C=O) groups is 2. The fourth-order valence-electron chi connectivity index (χ4n) is 2.10. The van der Waals surface area contributed by atoms with Gasteiger partial charge in [-0.15, -0.1) is 0 Å². The first-order chi connectivity index (χ1) is 12.4. The van der Waals surface area contributed by atoms with Gasteiger partial charge in [-0.3, -0.25) is 19.7 Å². The van der Waals surface area contributed by atoms with Gasteiger partial charge in [-0.05, 0) is 24.1 Å². The molecule has 0 spiro atoms. The van der Waals surface area contributed by atoms with Crippen molar-refractivity contribution in [2.24, 2.45) is 5.10 Å². The molecular weight excluding hydrogens is 340 g/mol. The molecule has 9 nitrogen and oxygen atoms in total. The molecule has 0 aliphatic carbocycles. The summed E-state index contributed by atoms with van der Waals surface area (Å²) >= 11 is 0. The van der Waals surface area contributed by atoms with E-state index in [4.69, 9.17) is 0 Å². The van der Waals surface area contributed by atoms with Crippen molar-refractivity contribution in [3.8, 4) is 5.75 Å². The number of benzene rings is 2. The third-order valence-electron chi connectivity index (χ3n) is 3.44. The van der Waals surface area contributed by atoms with Gasteiger partial charge >= 0.3 is 11.8 Å². The van der Waals surface area contributed by atoms with Crippen LogP contribution in [0.5, 0.6) is 5.75 Å². The minimum atomic E-state index is -1.02. The number of anilines is 1. The number of hydrogen-bond acceptors (Lipinski definition) is 6. The Morgan fingerprint density at radius 2 is 1.96 bits per heavy atom. The van der Waals surface area contributed by atoms with Crippen molar-refractivity contribution in [1.29, 1.82) is 0 Å². The molecule has 3 N–H and O–H groups in total. The van der Waals surface area contributed by atoms with Crippen LogP contribution in [0, 0.1) is 10.1 Å². The first kappa shape index (κ1) is 18.6. The number of phenolic OH excluding ortho intramolecular Hbond substituents is 1. The number of rotatable bonds is 5. The lowest BCUT2D eigenvalue weighted by Gasteiger charge is -2.08. The van der Waals surface area contributed by atoms with Gasteiger partial charge in [0, 0.05) is 23.4 Å². The first-order valence-electron chi connectivity index (χ1n) is 7.62. The summed E-state index contributed by atoms with van der Waals surface area (Å²) in [5.74, 6) is -2.18. The number of para-hydroxylation sites is 1. The SMILES string of the molecule is CCc1ccccc1NC(=O)C(=O)N/N=C/c1cc([N+](=O)[O-])ccc1O. The molecule has 0 radical (unpaired) electrons. The lowest BCUT2D eigenvalue weighted by Crippen LogP contribution is -2.32. The van der Waals surface area contributed by atoms with Crippen LogP contribution in [0.1, 0.15) is 18.1 Å². The predicted octanol–water partition coefficient (Wildman–Crippen LogP) is 1.95. The maximum absolute atomic E-state index is 11.9. The Labute approximate surface area is 148 Å². The van der Waals surface area contributed by atoms with Gasteiger partial charge in [0.15, 0.2) is 0 Å². The van der Waals surface area contributed by atoms with Crippen LogP contribution in [0.2, 0.25) is 0 Å². The highest BCUT2D eigenvalue weighted by atomic mass is 16.6. The van der Waals surface area contributed by atoms with Crippen LogP contribution in [-0.4, -0.2) is 28.1 Å². The first-order valence-corrected chi connectivity index (χ1v) is 7.62. The summed E-state index contributed by atoms with van der Waals surface area (Å²) in [6.07, 6.45) is 1.69. The lowest BCUT2D eigenvalue weighted by molar-refractivity contribution is -0.384. The van der Waals surface area contributed by atoms with E-state index in [2.05, 4.69) is 10.4 Å². The largest absolute Gasteiger partial charge is 0.507 e. The number of nitrogens with zero attached hydrogens (tertiary/aromatic N) is 2. The number of carbonyl (C=O) groups excluding carboxylic acids is 2. The molecule has 0 aliphatic rings. The predicted molar refractivity (Wildman–Crippen MR) is 94.9 cm³/mol. The Balaban J connectivity index is 2.02. The Kier molecular flexibility index (Phi) is 5.99. The van der Waals surface area contributed by atoms with Crippen molar-refractivity contribution in [3.05, 3.63) is 63.7 Å². The number of hydrogen-bond donors (Lipinski definition) is 3. The molecule has 0 bridgehead atoms. The molecule has 134 valence electrons. The second-order valence-corrected chi connectivity index (χ2v) is 5.16. The average molecular weight is 356 g/mol. The Bertz CT molecular complexity index is 879. The molecule has 26 heavy (non-hydrogen) atoms. The van der Waals surface area contributed by atoms with E-state index >= 15 is 0 Å². The molecule has 9 heteroatoms. The molecule has 0 fully saturated rings. The standard InChI is InChI=1S/C17H16N4O5/c1-2-11-5-3-4-6-14(11)19-16(23)17(24)20-18-10-12-9-13(21(25)26)7-8-15(12)22/h3-10,22H,2H2,1H3,(H,19,23)(H,20,24)/b18-10+. The highest BCUT2D eigenvalue weighted by Crippen LogP contribution is 2.21. The van der Waals surface area contributed by atoms with Gasteiger partial charge in [0.25, 0.3) is 5.69 Å². The Hall–Kier alpha value is -3.75. The molecule has 2 aromatic carbocycles. The zero-order valence-corrected chi connectivity index (χ0v) is 13.8. The number of aryl methyl sites for hydroxylation is 1. The fourth-order valence-corrected chi connectivity index (χ4v) is 2.10. The van der Waals surface area contributed by atoms with E-state index in [9.17, 15) is 24.8 Å². The quantitative estimate of drug-likeness (QED) is 0.326. The third-order valence-corrected chi connectivity index (χ3v) is 3.44. The molecule has 2 amide bonds. The smallest absolute Gasteiger partial charge is 0.329 e. The summed E-state index contributed by atoms with van der Waals surface area (Å²) in [6.45, 7) is 1.92. The summed E-state index contributed by atoms with van der Waals surface area (Å²) in [4.78, 5) is 33.8. The van der Waals surface area contributed by atoms with Gasteiger partial charge in [-0.2, -0.15) is 5.10 Å². The fraction of sp³-hybridized carbons (Fsp3) is 0.118. The van der Waals surface area contributed by atoms with Crippen LogP contribution >= 0.6 is 0 Å². The number of hydrazone groups is 1. The molecule has 2 rings (SSSR count). The molecule has 0 aliphatic heterocycles. The second kappa shape index (κ2) is 8.38. The number of nitro benzene ring substituents is 1. The maximum Gasteiger partial charge on any atom is 0.329 e. The van der Waals surface area contributed by atoms with Crippen LogP contribution in [0.4, 0.5) is 11.4 Å². The number of amides is 2. The van der Waals surface area contributed by atoms with E-state index in [1.165, 1.54) is 0 Å². The van der Waals surface area contributed by atoms with E-state index in [1.54, 1.807) is 12.1 Å². The van der Waals surface area contributed by atoms with E-state index in [1.807, 2.05) is 24.5 Å². The van der Waals surface area contributed by atoms with Crippen molar-refractivity contribution in [1.82, 2.24) is 5.43 Å². The van der Waals surface area contributed by atoms with E-state index in [0.717, 1.165) is 30.0 Å². The molecule has 0 saturated carbocycles. The van der Waals surface area contributed by atoms with Crippen LogP contribution in [0.3, 0.4) is 0 Å². The number of phenols is 1. The molecule has 0 aromatic heterocycles. The van der Waals surface area contributed by atoms with E-state index in [0.29, 0.717) is 12.1 Å². The van der Waals surface area contributed by atoms with Crippen molar-refractivity contribution in [3.63, 3.8) is 0 Å². The monoisotopic (exact) mass is 356 g/mol. The number of non-ortho nitro benzene ring substituents is 1. The van der Waals surface area contributed by atoms with Crippen molar-refractivity contribution >= 4 is 29.4 Å². The number of aromatic hydroxyl groups is 1. The topological polar surface area (TPSA) is 134 Å². The van der Waals surface area contributed by atoms with E-state index < -0.39 is 16.7 Å². The van der Waals surface area contributed by atoms with E-state index in [-0.39, 0.29) is 17.0 Å². The maximum atomic E-state index is 11.9. The van der Waals surface area contributed by atoms with Gasteiger partial charge in [-0.25, -0.2) is 5.43 Å². The van der Waals surface area contributed by atoms with Crippen molar-refractivity contribution in [2.45, 2.75) is 13.3 Å². The highest BCUT2D eigenvalue weighted by molar-refractivity contribution is 6.39. The van der Waals surface area contributed by atoms with Crippen LogP contribution in [0.25, 0.3) is 0 Å². The van der Waals surface area contributed by atoms with Gasteiger partial charge in [0.2, 0.25) is 0 Å². The summed E-state index contributed by atoms with van der Waals surface area (Å²) in [6, 6.07) is 10.4. The minimum Gasteiger partial charge on any atom is -0.507 e. The number of nitrogens with one attached hydrogen (secondary N) is 2. The minimum absolute atomic E-state index is 0.0243. The third kappa shape index (κ3) is 4.63. The van der Waals surface area contributed by atoms with Crippen LogP contribution in [0.15, 0.2) is 47.6 Å². The Morgan fingerprint density at radius 1 is 1.23 bits per heavy atom. The molecular formula is C17H16N4O5. The number of nitro groups is 1. The van der Waals surface area contributed by atoms with Crippen molar-refractivity contribution < 1.29 is 19.6 Å². The van der Waals surface area contributed by atoms with Gasteiger partial charge in [0.05, 0.1) is 11.1 Å². The summed E-state index contributed by atoms with van der Waals surface area (Å²) < 4.78 is 0.